The van der Waals surface area contributed by atoms with Gasteiger partial charge in [0.1, 0.15) is 12.1 Å². The summed E-state index contributed by atoms with van der Waals surface area (Å²) < 4.78 is 6.36. The van der Waals surface area contributed by atoms with Crippen molar-refractivity contribution >= 4 is 21.6 Å². The second-order valence-corrected chi connectivity index (χ2v) is 4.16. The number of aryl methyl sites for hydroxylation is 1. The molecule has 1 aromatic heterocycles. The van der Waals surface area contributed by atoms with Crippen molar-refractivity contribution in [2.75, 3.05) is 5.73 Å². The topological polar surface area (TPSA) is 61.0 Å². The SMILES string of the molecule is Cc1cc(N)ccc1Oc1ncncc1Br. The Hall–Kier alpha value is -1.62. The van der Waals surface area contributed by atoms with Gasteiger partial charge in [-0.1, -0.05) is 0 Å². The Morgan fingerprint density at radius 3 is 2.88 bits per heavy atom. The predicted molar refractivity (Wildman–Crippen MR) is 65.4 cm³/mol. The Kier molecular flexibility index (Phi) is 3.05. The average Bonchev–Trinajstić information content (AvgIpc) is 2.25. The van der Waals surface area contributed by atoms with Crippen molar-refractivity contribution in [2.24, 2.45) is 0 Å². The quantitative estimate of drug-likeness (QED) is 0.859. The summed E-state index contributed by atoms with van der Waals surface area (Å²) in [4.78, 5) is 7.89. The summed E-state index contributed by atoms with van der Waals surface area (Å²) in [6.07, 6.45) is 3.07. The minimum absolute atomic E-state index is 0.489. The molecule has 0 bridgehead atoms. The van der Waals surface area contributed by atoms with Crippen LogP contribution >= 0.6 is 15.9 Å². The van der Waals surface area contributed by atoms with E-state index in [0.717, 1.165) is 11.3 Å². The molecule has 0 aliphatic heterocycles. The van der Waals surface area contributed by atoms with Crippen LogP contribution in [0.3, 0.4) is 0 Å². The molecular formula is C11H10BrN3O. The fraction of sp³-hybridized carbons (Fsp3) is 0.0909. The van der Waals surface area contributed by atoms with Gasteiger partial charge in [-0.25, -0.2) is 9.97 Å². The van der Waals surface area contributed by atoms with E-state index >= 15 is 0 Å². The molecule has 2 N–H and O–H groups in total. The van der Waals surface area contributed by atoms with E-state index in [1.54, 1.807) is 12.3 Å². The van der Waals surface area contributed by atoms with Crippen molar-refractivity contribution in [3.8, 4) is 11.6 Å². The van der Waals surface area contributed by atoms with Crippen LogP contribution in [0.5, 0.6) is 11.6 Å². The maximum absolute atomic E-state index is 5.66. The summed E-state index contributed by atoms with van der Waals surface area (Å²) in [6.45, 7) is 1.93. The zero-order valence-corrected chi connectivity index (χ0v) is 10.2. The van der Waals surface area contributed by atoms with Crippen molar-refractivity contribution in [3.63, 3.8) is 0 Å². The highest BCUT2D eigenvalue weighted by Crippen LogP contribution is 2.29. The molecule has 16 heavy (non-hydrogen) atoms. The van der Waals surface area contributed by atoms with Crippen molar-refractivity contribution in [1.82, 2.24) is 9.97 Å². The summed E-state index contributed by atoms with van der Waals surface area (Å²) in [7, 11) is 0. The third kappa shape index (κ3) is 2.30. The van der Waals surface area contributed by atoms with Crippen LogP contribution in [-0.4, -0.2) is 9.97 Å². The van der Waals surface area contributed by atoms with Gasteiger partial charge < -0.3 is 10.5 Å². The van der Waals surface area contributed by atoms with Crippen LogP contribution in [-0.2, 0) is 0 Å². The molecule has 0 unspecified atom stereocenters. The largest absolute Gasteiger partial charge is 0.437 e. The summed E-state index contributed by atoms with van der Waals surface area (Å²) in [5.74, 6) is 1.22. The summed E-state index contributed by atoms with van der Waals surface area (Å²) in [6, 6.07) is 5.46. The monoisotopic (exact) mass is 279 g/mol. The van der Waals surface area contributed by atoms with Gasteiger partial charge in [0.2, 0.25) is 5.88 Å². The van der Waals surface area contributed by atoms with Gasteiger partial charge in [0.05, 0.1) is 4.47 Å². The first kappa shape index (κ1) is 10.9. The Labute approximate surface area is 102 Å². The number of aromatic nitrogens is 2. The number of benzene rings is 1. The van der Waals surface area contributed by atoms with Gasteiger partial charge in [0.15, 0.2) is 0 Å². The second kappa shape index (κ2) is 4.49. The number of nitrogen functional groups attached to an aromatic ring is 1. The standard InChI is InChI=1S/C11H10BrN3O/c1-7-4-8(13)2-3-10(7)16-11-9(12)5-14-6-15-11/h2-6H,13H2,1H3. The van der Waals surface area contributed by atoms with Crippen molar-refractivity contribution in [2.45, 2.75) is 6.92 Å². The number of anilines is 1. The van der Waals surface area contributed by atoms with E-state index < -0.39 is 0 Å². The fourth-order valence-electron chi connectivity index (χ4n) is 1.27. The maximum atomic E-state index is 5.66. The highest BCUT2D eigenvalue weighted by atomic mass is 79.9. The molecule has 5 heteroatoms. The molecule has 1 heterocycles. The van der Waals surface area contributed by atoms with E-state index in [2.05, 4.69) is 25.9 Å². The van der Waals surface area contributed by atoms with Gasteiger partial charge >= 0.3 is 0 Å². The number of hydrogen-bond acceptors (Lipinski definition) is 4. The number of ether oxygens (including phenoxy) is 1. The highest BCUT2D eigenvalue weighted by molar-refractivity contribution is 9.10. The molecule has 0 spiro atoms. The third-order valence-corrected chi connectivity index (χ3v) is 2.58. The van der Waals surface area contributed by atoms with E-state index in [-0.39, 0.29) is 0 Å². The lowest BCUT2D eigenvalue weighted by atomic mass is 10.2. The van der Waals surface area contributed by atoms with Crippen molar-refractivity contribution in [3.05, 3.63) is 40.8 Å². The molecular weight excluding hydrogens is 270 g/mol. The first-order valence-corrected chi connectivity index (χ1v) is 5.45. The zero-order valence-electron chi connectivity index (χ0n) is 8.64. The van der Waals surface area contributed by atoms with Gasteiger partial charge in [-0.05, 0) is 46.6 Å². The molecule has 0 saturated carbocycles. The second-order valence-electron chi connectivity index (χ2n) is 3.30. The first-order chi connectivity index (χ1) is 7.66. The fourth-order valence-corrected chi connectivity index (χ4v) is 1.57. The first-order valence-electron chi connectivity index (χ1n) is 4.66. The molecule has 0 aliphatic rings. The summed E-state index contributed by atoms with van der Waals surface area (Å²) >= 11 is 3.32. The minimum Gasteiger partial charge on any atom is -0.437 e. The maximum Gasteiger partial charge on any atom is 0.236 e. The minimum atomic E-state index is 0.489. The Morgan fingerprint density at radius 1 is 1.38 bits per heavy atom. The number of halogens is 1. The number of hydrogen-bond donors (Lipinski definition) is 1. The van der Waals surface area contributed by atoms with Crippen LogP contribution in [0.4, 0.5) is 5.69 Å². The summed E-state index contributed by atoms with van der Waals surface area (Å²) in [5.41, 5.74) is 7.34. The molecule has 0 aliphatic carbocycles. The van der Waals surface area contributed by atoms with E-state index in [9.17, 15) is 0 Å². The highest BCUT2D eigenvalue weighted by Gasteiger charge is 2.06. The molecule has 0 saturated heterocycles. The van der Waals surface area contributed by atoms with Gasteiger partial charge in [-0.3, -0.25) is 0 Å². The van der Waals surface area contributed by atoms with Crippen molar-refractivity contribution in [1.29, 1.82) is 0 Å². The van der Waals surface area contributed by atoms with Gasteiger partial charge in [-0.2, -0.15) is 0 Å². The Morgan fingerprint density at radius 2 is 2.19 bits per heavy atom. The van der Waals surface area contributed by atoms with E-state index in [0.29, 0.717) is 16.0 Å². The van der Waals surface area contributed by atoms with Crippen LogP contribution in [0.1, 0.15) is 5.56 Å². The van der Waals surface area contributed by atoms with Crippen LogP contribution in [0.15, 0.2) is 35.2 Å². The molecule has 1 aromatic carbocycles. The van der Waals surface area contributed by atoms with Crippen molar-refractivity contribution < 1.29 is 4.74 Å². The van der Waals surface area contributed by atoms with Crippen LogP contribution in [0, 0.1) is 6.92 Å². The number of rotatable bonds is 2. The Balaban J connectivity index is 2.31. The predicted octanol–water partition coefficient (Wildman–Crippen LogP) is 2.92. The normalized spacial score (nSPS) is 10.1. The van der Waals surface area contributed by atoms with E-state index in [1.807, 2.05) is 19.1 Å². The average molecular weight is 280 g/mol. The molecule has 4 nitrogen and oxygen atoms in total. The molecule has 82 valence electrons. The van der Waals surface area contributed by atoms with Crippen LogP contribution in [0.2, 0.25) is 0 Å². The lowest BCUT2D eigenvalue weighted by Gasteiger charge is -2.08. The molecule has 0 amide bonds. The number of nitrogens with two attached hydrogens (primary N) is 1. The molecule has 0 fully saturated rings. The molecule has 2 aromatic rings. The lowest BCUT2D eigenvalue weighted by Crippen LogP contribution is -1.93. The molecule has 2 rings (SSSR count). The molecule has 0 atom stereocenters. The van der Waals surface area contributed by atoms with E-state index in [1.165, 1.54) is 6.33 Å². The molecule has 0 radical (unpaired) electrons. The summed E-state index contributed by atoms with van der Waals surface area (Å²) in [5, 5.41) is 0. The third-order valence-electron chi connectivity index (χ3n) is 2.04. The van der Waals surface area contributed by atoms with E-state index in [4.69, 9.17) is 10.5 Å². The van der Waals surface area contributed by atoms with Crippen LogP contribution < -0.4 is 10.5 Å². The lowest BCUT2D eigenvalue weighted by molar-refractivity contribution is 0.455. The Bertz CT molecular complexity index is 516. The van der Waals surface area contributed by atoms with Crippen LogP contribution in [0.25, 0.3) is 0 Å². The smallest absolute Gasteiger partial charge is 0.236 e. The zero-order chi connectivity index (χ0) is 11.5. The number of nitrogens with zero attached hydrogens (tertiary/aromatic N) is 2. The van der Waals surface area contributed by atoms with Gasteiger partial charge in [0, 0.05) is 11.9 Å². The van der Waals surface area contributed by atoms with Gasteiger partial charge in [-0.15, -0.1) is 0 Å². The van der Waals surface area contributed by atoms with Gasteiger partial charge in [0.25, 0.3) is 0 Å².